The van der Waals surface area contributed by atoms with E-state index in [1.807, 2.05) is 17.0 Å². The van der Waals surface area contributed by atoms with Crippen LogP contribution in [0.2, 0.25) is 0 Å². The summed E-state index contributed by atoms with van der Waals surface area (Å²) in [6, 6.07) is 3.97. The molecule has 26 heavy (non-hydrogen) atoms. The number of benzene rings is 1. The summed E-state index contributed by atoms with van der Waals surface area (Å²) in [7, 11) is 1.64. The normalized spacial score (nSPS) is 24.2. The number of ether oxygens (including phenoxy) is 3. The molecule has 1 saturated carbocycles. The summed E-state index contributed by atoms with van der Waals surface area (Å²) in [6.45, 7) is 3.91. The molecule has 4 rings (SSSR count). The summed E-state index contributed by atoms with van der Waals surface area (Å²) in [4.78, 5) is 15.3. The van der Waals surface area contributed by atoms with Crippen LogP contribution in [-0.2, 0) is 4.79 Å². The predicted molar refractivity (Wildman–Crippen MR) is 97.7 cm³/mol. The van der Waals surface area contributed by atoms with Crippen molar-refractivity contribution in [2.24, 2.45) is 0 Å². The lowest BCUT2D eigenvalue weighted by molar-refractivity contribution is -0.134. The summed E-state index contributed by atoms with van der Waals surface area (Å²) in [5.41, 5.74) is 0.592. The molecule has 2 fully saturated rings. The van der Waals surface area contributed by atoms with Crippen LogP contribution in [0.15, 0.2) is 12.1 Å². The second-order valence-corrected chi connectivity index (χ2v) is 7.44. The zero-order valence-electron chi connectivity index (χ0n) is 15.7. The van der Waals surface area contributed by atoms with Gasteiger partial charge in [-0.05, 0) is 37.0 Å². The second kappa shape index (κ2) is 6.99. The van der Waals surface area contributed by atoms with Crippen LogP contribution in [0.4, 0.5) is 0 Å². The van der Waals surface area contributed by atoms with Gasteiger partial charge in [-0.3, -0.25) is 10.1 Å². The standard InChI is InChI=1S/C20H28N2O4/c1-3-9-22-18(21-20(19(22)23)7-5-4-6-8-20)14-12-15(24-2)17-16(13-14)25-10-11-26-17/h12-13,18,21H,3-11H2,1-2H3. The van der Waals surface area contributed by atoms with Gasteiger partial charge in [0.1, 0.15) is 19.4 Å². The molecule has 1 spiro atoms. The Morgan fingerprint density at radius 2 is 2.00 bits per heavy atom. The minimum atomic E-state index is -0.404. The molecule has 1 aromatic rings. The number of rotatable bonds is 4. The van der Waals surface area contributed by atoms with Crippen molar-refractivity contribution in [1.82, 2.24) is 10.2 Å². The third-order valence-corrected chi connectivity index (χ3v) is 5.73. The Kier molecular flexibility index (Phi) is 4.69. The van der Waals surface area contributed by atoms with E-state index in [2.05, 4.69) is 12.2 Å². The fourth-order valence-corrected chi connectivity index (χ4v) is 4.49. The van der Waals surface area contributed by atoms with Gasteiger partial charge in [-0.1, -0.05) is 26.2 Å². The van der Waals surface area contributed by atoms with Gasteiger partial charge in [-0.2, -0.15) is 0 Å². The Balaban J connectivity index is 1.72. The molecule has 0 bridgehead atoms. The molecule has 2 aliphatic heterocycles. The Bertz CT molecular complexity index is 667. The van der Waals surface area contributed by atoms with Crippen LogP contribution in [0.5, 0.6) is 17.2 Å². The van der Waals surface area contributed by atoms with E-state index in [1.165, 1.54) is 6.42 Å². The van der Waals surface area contributed by atoms with E-state index in [0.29, 0.717) is 30.5 Å². The highest BCUT2D eigenvalue weighted by Crippen LogP contribution is 2.45. The maximum Gasteiger partial charge on any atom is 0.244 e. The molecule has 6 heteroatoms. The maximum atomic E-state index is 13.3. The molecule has 1 aliphatic carbocycles. The molecule has 1 saturated heterocycles. The van der Waals surface area contributed by atoms with Crippen LogP contribution in [-0.4, -0.2) is 43.2 Å². The molecule has 1 unspecified atom stereocenters. The minimum absolute atomic E-state index is 0.148. The Hall–Kier alpha value is -1.95. The number of amides is 1. The van der Waals surface area contributed by atoms with E-state index in [-0.39, 0.29) is 12.1 Å². The summed E-state index contributed by atoms with van der Waals surface area (Å²) in [6.07, 6.45) is 6.06. The number of nitrogens with zero attached hydrogens (tertiary/aromatic N) is 1. The highest BCUT2D eigenvalue weighted by molar-refractivity contribution is 5.89. The van der Waals surface area contributed by atoms with Crippen molar-refractivity contribution in [1.29, 1.82) is 0 Å². The van der Waals surface area contributed by atoms with Crippen molar-refractivity contribution in [3.05, 3.63) is 17.7 Å². The van der Waals surface area contributed by atoms with Gasteiger partial charge in [-0.15, -0.1) is 0 Å². The van der Waals surface area contributed by atoms with Gasteiger partial charge >= 0.3 is 0 Å². The Morgan fingerprint density at radius 3 is 2.73 bits per heavy atom. The minimum Gasteiger partial charge on any atom is -0.493 e. The number of hydrogen-bond donors (Lipinski definition) is 1. The molecule has 1 amide bonds. The smallest absolute Gasteiger partial charge is 0.244 e. The summed E-state index contributed by atoms with van der Waals surface area (Å²) in [5, 5.41) is 3.69. The largest absolute Gasteiger partial charge is 0.493 e. The predicted octanol–water partition coefficient (Wildman–Crippen LogP) is 3.01. The fraction of sp³-hybridized carbons (Fsp3) is 0.650. The van der Waals surface area contributed by atoms with Gasteiger partial charge in [0.2, 0.25) is 11.7 Å². The topological polar surface area (TPSA) is 60.0 Å². The third-order valence-electron chi connectivity index (χ3n) is 5.73. The Morgan fingerprint density at radius 1 is 1.23 bits per heavy atom. The zero-order chi connectivity index (χ0) is 18.1. The van der Waals surface area contributed by atoms with Crippen molar-refractivity contribution in [2.45, 2.75) is 57.2 Å². The molecule has 142 valence electrons. The first-order chi connectivity index (χ1) is 12.7. The van der Waals surface area contributed by atoms with E-state index in [9.17, 15) is 4.79 Å². The number of methoxy groups -OCH3 is 1. The number of hydrogen-bond acceptors (Lipinski definition) is 5. The Labute approximate surface area is 154 Å². The van der Waals surface area contributed by atoms with Crippen molar-refractivity contribution >= 4 is 5.91 Å². The average Bonchev–Trinajstić information content (AvgIpc) is 2.94. The third kappa shape index (κ3) is 2.80. The van der Waals surface area contributed by atoms with Crippen LogP contribution in [0.1, 0.15) is 57.2 Å². The summed E-state index contributed by atoms with van der Waals surface area (Å²) < 4.78 is 17.0. The van der Waals surface area contributed by atoms with E-state index in [0.717, 1.165) is 44.2 Å². The lowest BCUT2D eigenvalue weighted by Gasteiger charge is -2.31. The molecule has 0 aromatic heterocycles. The molecule has 0 radical (unpaired) electrons. The monoisotopic (exact) mass is 360 g/mol. The number of fused-ring (bicyclic) bond motifs is 1. The SMILES string of the molecule is CCCN1C(=O)C2(CCCCC2)NC1c1cc(OC)c2c(c1)OCCO2. The van der Waals surface area contributed by atoms with Gasteiger partial charge in [0.05, 0.1) is 12.6 Å². The first-order valence-corrected chi connectivity index (χ1v) is 9.75. The van der Waals surface area contributed by atoms with Crippen molar-refractivity contribution in [2.75, 3.05) is 26.9 Å². The summed E-state index contributed by atoms with van der Waals surface area (Å²) >= 11 is 0. The van der Waals surface area contributed by atoms with Gasteiger partial charge < -0.3 is 19.1 Å². The van der Waals surface area contributed by atoms with Crippen LogP contribution >= 0.6 is 0 Å². The molecular weight excluding hydrogens is 332 g/mol. The molecule has 2 heterocycles. The van der Waals surface area contributed by atoms with Crippen LogP contribution in [0.3, 0.4) is 0 Å². The van der Waals surface area contributed by atoms with Crippen LogP contribution in [0.25, 0.3) is 0 Å². The zero-order valence-corrected chi connectivity index (χ0v) is 15.7. The summed E-state index contributed by atoms with van der Waals surface area (Å²) in [5.74, 6) is 2.26. The number of nitrogens with one attached hydrogen (secondary N) is 1. The average molecular weight is 360 g/mol. The van der Waals surface area contributed by atoms with E-state index >= 15 is 0 Å². The van der Waals surface area contributed by atoms with E-state index in [1.54, 1.807) is 7.11 Å². The first kappa shape index (κ1) is 17.5. The fourth-order valence-electron chi connectivity index (χ4n) is 4.49. The molecule has 3 aliphatic rings. The number of carbonyl (C=O) groups is 1. The molecular formula is C20H28N2O4. The second-order valence-electron chi connectivity index (χ2n) is 7.44. The van der Waals surface area contributed by atoms with Crippen molar-refractivity contribution in [3.8, 4) is 17.2 Å². The van der Waals surface area contributed by atoms with Crippen molar-refractivity contribution in [3.63, 3.8) is 0 Å². The number of carbonyl (C=O) groups excluding carboxylic acids is 1. The quantitative estimate of drug-likeness (QED) is 0.894. The maximum absolute atomic E-state index is 13.3. The van der Waals surface area contributed by atoms with Gasteiger partial charge in [0, 0.05) is 6.54 Å². The molecule has 1 aromatic carbocycles. The van der Waals surface area contributed by atoms with Crippen LogP contribution in [0, 0.1) is 0 Å². The highest BCUT2D eigenvalue weighted by Gasteiger charge is 2.51. The lowest BCUT2D eigenvalue weighted by atomic mass is 9.81. The first-order valence-electron chi connectivity index (χ1n) is 9.75. The van der Waals surface area contributed by atoms with Crippen molar-refractivity contribution < 1.29 is 19.0 Å². The van der Waals surface area contributed by atoms with E-state index < -0.39 is 5.54 Å². The van der Waals surface area contributed by atoms with Crippen LogP contribution < -0.4 is 19.5 Å². The van der Waals surface area contributed by atoms with Gasteiger partial charge in [0.25, 0.3) is 0 Å². The molecule has 1 N–H and O–H groups in total. The molecule has 6 nitrogen and oxygen atoms in total. The highest BCUT2D eigenvalue weighted by atomic mass is 16.6. The molecule has 1 atom stereocenters. The van der Waals surface area contributed by atoms with Gasteiger partial charge in [0.15, 0.2) is 11.5 Å². The lowest BCUT2D eigenvalue weighted by Crippen LogP contribution is -2.48. The van der Waals surface area contributed by atoms with E-state index in [4.69, 9.17) is 14.2 Å². The van der Waals surface area contributed by atoms with Gasteiger partial charge in [-0.25, -0.2) is 0 Å².